The molecule has 1 fully saturated rings. The number of aromatic nitrogens is 2. The molecule has 0 atom stereocenters. The highest BCUT2D eigenvalue weighted by Crippen LogP contribution is 2.14. The molecule has 0 spiro atoms. The van der Waals surface area contributed by atoms with Crippen LogP contribution in [0.15, 0.2) is 41.1 Å². The van der Waals surface area contributed by atoms with Gasteiger partial charge in [-0.1, -0.05) is 35.2 Å². The molecule has 8 heteroatoms. The fraction of sp³-hybridized carbons (Fsp3) is 0.250. The average molecular weight is 395 g/mol. The Bertz CT molecular complexity index is 687. The maximum absolute atomic E-state index is 12.6. The summed E-state index contributed by atoms with van der Waals surface area (Å²) >= 11 is 3.26. The predicted molar refractivity (Wildman–Crippen MR) is 90.9 cm³/mol. The summed E-state index contributed by atoms with van der Waals surface area (Å²) in [7, 11) is 0. The van der Waals surface area contributed by atoms with Crippen LogP contribution in [0.3, 0.4) is 0 Å². The first-order chi connectivity index (χ1) is 11.5. The Hall–Kier alpha value is -2.35. The van der Waals surface area contributed by atoms with E-state index < -0.39 is 11.7 Å². The zero-order valence-corrected chi connectivity index (χ0v) is 14.3. The first kappa shape index (κ1) is 18.0. The number of carbonyl (C=O) groups excluding carboxylic acids is 2. The van der Waals surface area contributed by atoms with E-state index in [9.17, 15) is 14.0 Å². The molecule has 1 aromatic carbocycles. The van der Waals surface area contributed by atoms with E-state index >= 15 is 0 Å². The summed E-state index contributed by atoms with van der Waals surface area (Å²) < 4.78 is 13.4. The van der Waals surface area contributed by atoms with Crippen LogP contribution in [-0.4, -0.2) is 28.3 Å². The molecule has 2 N–H and O–H groups in total. The van der Waals surface area contributed by atoms with E-state index in [0.717, 1.165) is 16.9 Å². The van der Waals surface area contributed by atoms with Gasteiger partial charge in [0.15, 0.2) is 5.82 Å². The number of amides is 2. The number of nitrogens with one attached hydrogen (secondary N) is 2. The molecule has 1 aliphatic rings. The Kier molecular flexibility index (Phi) is 6.80. The minimum Gasteiger partial charge on any atom is -0.343 e. The third-order valence-electron chi connectivity index (χ3n) is 2.74. The lowest BCUT2D eigenvalue weighted by atomic mass is 10.2. The van der Waals surface area contributed by atoms with Crippen molar-refractivity contribution >= 4 is 33.7 Å². The molecule has 3 rings (SSSR count). The van der Waals surface area contributed by atoms with Crippen LogP contribution in [0.1, 0.15) is 29.6 Å². The van der Waals surface area contributed by atoms with Gasteiger partial charge in [0.05, 0.1) is 18.9 Å². The number of hydrogen-bond acceptors (Lipinski definition) is 4. The minimum atomic E-state index is -0.600. The zero-order chi connectivity index (χ0) is 17.4. The number of carbonyl (C=O) groups is 2. The lowest BCUT2D eigenvalue weighted by molar-refractivity contribution is -0.115. The number of anilines is 1. The lowest BCUT2D eigenvalue weighted by Crippen LogP contribution is -2.33. The lowest BCUT2D eigenvalue weighted by Gasteiger charge is -2.06. The Morgan fingerprint density at radius 3 is 2.21 bits per heavy atom. The fourth-order valence-electron chi connectivity index (χ4n) is 1.41. The molecule has 1 saturated carbocycles. The number of halogens is 2. The van der Waals surface area contributed by atoms with Crippen LogP contribution in [-0.2, 0) is 4.79 Å². The van der Waals surface area contributed by atoms with Crippen molar-refractivity contribution in [1.29, 1.82) is 0 Å². The van der Waals surface area contributed by atoms with Crippen molar-refractivity contribution in [2.45, 2.75) is 19.3 Å². The molecule has 126 valence electrons. The summed E-state index contributed by atoms with van der Waals surface area (Å²) in [6, 6.07) is 6.70. The second-order valence-corrected chi connectivity index (χ2v) is 5.94. The molecule has 2 aromatic rings. The predicted octanol–water partition coefficient (Wildman–Crippen LogP) is 2.92. The normalized spacial score (nSPS) is 11.8. The van der Waals surface area contributed by atoms with Crippen LogP contribution in [0.4, 0.5) is 10.3 Å². The van der Waals surface area contributed by atoms with Gasteiger partial charge in [-0.05, 0) is 24.3 Å². The highest BCUT2D eigenvalue weighted by atomic mass is 79.9. The Morgan fingerprint density at radius 1 is 1.08 bits per heavy atom. The third-order valence-corrected chi connectivity index (χ3v) is 3.27. The smallest absolute Gasteiger partial charge is 0.251 e. The molecule has 2 amide bonds. The minimum absolute atomic E-state index is 0.0284. The topological polar surface area (TPSA) is 84.0 Å². The van der Waals surface area contributed by atoms with E-state index in [1.807, 2.05) is 0 Å². The molecule has 0 aliphatic heterocycles. The Morgan fingerprint density at radius 2 is 1.67 bits per heavy atom. The van der Waals surface area contributed by atoms with Crippen molar-refractivity contribution in [2.75, 3.05) is 11.9 Å². The van der Waals surface area contributed by atoms with Crippen LogP contribution < -0.4 is 10.6 Å². The van der Waals surface area contributed by atoms with Gasteiger partial charge in [-0.2, -0.15) is 0 Å². The van der Waals surface area contributed by atoms with Crippen molar-refractivity contribution < 1.29 is 14.0 Å². The number of rotatable bonds is 4. The van der Waals surface area contributed by atoms with Crippen molar-refractivity contribution in [1.82, 2.24) is 15.3 Å². The SMILES string of the molecule is C1CC1.O=C(CNC(=O)c1ccc(Br)cc1)Nc1ncc(F)cn1. The van der Waals surface area contributed by atoms with Crippen LogP contribution in [0.2, 0.25) is 0 Å². The number of benzene rings is 1. The quantitative estimate of drug-likeness (QED) is 0.834. The first-order valence-electron chi connectivity index (χ1n) is 7.36. The molecular formula is C16H16BrFN4O2. The summed E-state index contributed by atoms with van der Waals surface area (Å²) in [5, 5.41) is 4.79. The number of hydrogen-bond donors (Lipinski definition) is 2. The molecule has 0 saturated heterocycles. The first-order valence-corrected chi connectivity index (χ1v) is 8.15. The monoisotopic (exact) mass is 394 g/mol. The molecule has 0 bridgehead atoms. The maximum atomic E-state index is 12.6. The van der Waals surface area contributed by atoms with Crippen molar-refractivity contribution in [3.8, 4) is 0 Å². The second-order valence-electron chi connectivity index (χ2n) is 5.02. The van der Waals surface area contributed by atoms with Crippen molar-refractivity contribution in [3.63, 3.8) is 0 Å². The van der Waals surface area contributed by atoms with Gasteiger partial charge in [0.2, 0.25) is 11.9 Å². The Balaban J connectivity index is 0.000000623. The summed E-state index contributed by atoms with van der Waals surface area (Å²) in [5.41, 5.74) is 0.434. The maximum Gasteiger partial charge on any atom is 0.251 e. The highest BCUT2D eigenvalue weighted by molar-refractivity contribution is 9.10. The van der Waals surface area contributed by atoms with E-state index in [-0.39, 0.29) is 18.4 Å². The molecule has 0 unspecified atom stereocenters. The van der Waals surface area contributed by atoms with E-state index in [1.165, 1.54) is 19.3 Å². The van der Waals surface area contributed by atoms with Gasteiger partial charge in [-0.15, -0.1) is 0 Å². The van der Waals surface area contributed by atoms with E-state index in [0.29, 0.717) is 5.56 Å². The Labute approximate surface area is 147 Å². The molecule has 24 heavy (non-hydrogen) atoms. The standard InChI is InChI=1S/C13H10BrFN4O2.C3H6/c14-9-3-1-8(2-4-9)12(21)16-7-11(20)19-13-17-5-10(15)6-18-13;1-2-3-1/h1-6H,7H2,(H,16,21)(H,17,18,19,20);1-3H2. The third kappa shape index (κ3) is 6.82. The fourth-order valence-corrected chi connectivity index (χ4v) is 1.67. The molecule has 0 radical (unpaired) electrons. The van der Waals surface area contributed by atoms with Gasteiger partial charge in [0, 0.05) is 10.0 Å². The van der Waals surface area contributed by atoms with Crippen LogP contribution >= 0.6 is 15.9 Å². The molecule has 1 heterocycles. The van der Waals surface area contributed by atoms with Crippen molar-refractivity contribution in [3.05, 3.63) is 52.5 Å². The van der Waals surface area contributed by atoms with Crippen LogP contribution in [0, 0.1) is 5.82 Å². The molecular weight excluding hydrogens is 379 g/mol. The van der Waals surface area contributed by atoms with Gasteiger partial charge < -0.3 is 5.32 Å². The van der Waals surface area contributed by atoms with E-state index in [2.05, 4.69) is 36.5 Å². The number of nitrogens with zero attached hydrogens (tertiary/aromatic N) is 2. The largest absolute Gasteiger partial charge is 0.343 e. The van der Waals surface area contributed by atoms with Crippen LogP contribution in [0.25, 0.3) is 0 Å². The summed E-state index contributed by atoms with van der Waals surface area (Å²) in [6.07, 6.45) is 6.37. The molecule has 1 aromatic heterocycles. The van der Waals surface area contributed by atoms with Gasteiger partial charge in [-0.3, -0.25) is 14.9 Å². The van der Waals surface area contributed by atoms with Crippen molar-refractivity contribution in [2.24, 2.45) is 0 Å². The second kappa shape index (κ2) is 9.07. The molecule has 6 nitrogen and oxygen atoms in total. The van der Waals surface area contributed by atoms with Gasteiger partial charge >= 0.3 is 0 Å². The van der Waals surface area contributed by atoms with Crippen LogP contribution in [0.5, 0.6) is 0 Å². The highest BCUT2D eigenvalue weighted by Gasteiger charge is 2.09. The van der Waals surface area contributed by atoms with E-state index in [4.69, 9.17) is 0 Å². The average Bonchev–Trinajstić information content (AvgIpc) is 3.44. The van der Waals surface area contributed by atoms with Gasteiger partial charge in [0.1, 0.15) is 0 Å². The summed E-state index contributed by atoms with van der Waals surface area (Å²) in [4.78, 5) is 30.5. The van der Waals surface area contributed by atoms with E-state index in [1.54, 1.807) is 24.3 Å². The summed E-state index contributed by atoms with van der Waals surface area (Å²) in [5.74, 6) is -1.51. The van der Waals surface area contributed by atoms with Gasteiger partial charge in [-0.25, -0.2) is 14.4 Å². The van der Waals surface area contributed by atoms with Gasteiger partial charge in [0.25, 0.3) is 5.91 Å². The summed E-state index contributed by atoms with van der Waals surface area (Å²) in [6.45, 7) is -0.240. The zero-order valence-electron chi connectivity index (χ0n) is 12.8. The molecule has 1 aliphatic carbocycles.